The fraction of sp³-hybridized carbons (Fsp3) is 0.333. The van der Waals surface area contributed by atoms with E-state index in [1.54, 1.807) is 11.3 Å². The average Bonchev–Trinajstić information content (AvgIpc) is 2.87. The smallest absolute Gasteiger partial charge is 0.0320 e. The second kappa shape index (κ2) is 6.50. The summed E-state index contributed by atoms with van der Waals surface area (Å²) in [7, 11) is 2.04. The van der Waals surface area contributed by atoms with Crippen LogP contribution in [0.4, 0.5) is 0 Å². The summed E-state index contributed by atoms with van der Waals surface area (Å²) >= 11 is 5.32. The molecule has 18 heavy (non-hydrogen) atoms. The van der Waals surface area contributed by atoms with Gasteiger partial charge in [0.25, 0.3) is 0 Å². The molecule has 0 bridgehead atoms. The molecule has 1 heterocycles. The van der Waals surface area contributed by atoms with E-state index in [-0.39, 0.29) is 0 Å². The molecule has 2 rings (SSSR count). The van der Waals surface area contributed by atoms with Crippen molar-refractivity contribution < 1.29 is 0 Å². The number of benzene rings is 1. The fourth-order valence-electron chi connectivity index (χ4n) is 2.11. The highest BCUT2D eigenvalue weighted by Gasteiger charge is 2.10. The lowest BCUT2D eigenvalue weighted by Crippen LogP contribution is -2.17. The lowest BCUT2D eigenvalue weighted by Gasteiger charge is -2.17. The first-order chi connectivity index (χ1) is 8.70. The summed E-state index contributed by atoms with van der Waals surface area (Å²) in [5.74, 6) is 0. The van der Waals surface area contributed by atoms with E-state index in [1.165, 1.54) is 21.2 Å². The van der Waals surface area contributed by atoms with Crippen LogP contribution in [0.15, 0.2) is 39.5 Å². The zero-order chi connectivity index (χ0) is 13.0. The van der Waals surface area contributed by atoms with Crippen LogP contribution < -0.4 is 5.32 Å². The Hall–Kier alpha value is -0.640. The molecule has 2 aromatic rings. The van der Waals surface area contributed by atoms with Crippen LogP contribution in [0.3, 0.4) is 0 Å². The number of hydrogen-bond donors (Lipinski definition) is 1. The molecule has 0 saturated heterocycles. The van der Waals surface area contributed by atoms with Gasteiger partial charge >= 0.3 is 0 Å². The van der Waals surface area contributed by atoms with Gasteiger partial charge in [0, 0.05) is 10.5 Å². The minimum absolute atomic E-state index is 0.428. The molecule has 1 unspecified atom stereocenters. The Morgan fingerprint density at radius 3 is 2.78 bits per heavy atom. The monoisotopic (exact) mass is 323 g/mol. The van der Waals surface area contributed by atoms with Gasteiger partial charge in [-0.2, -0.15) is 11.3 Å². The molecule has 1 atom stereocenters. The molecule has 1 N–H and O–H groups in total. The minimum atomic E-state index is 0.428. The van der Waals surface area contributed by atoms with Gasteiger partial charge in [-0.3, -0.25) is 0 Å². The molecule has 1 nitrogen and oxygen atoms in total. The van der Waals surface area contributed by atoms with Crippen molar-refractivity contribution in [2.24, 2.45) is 0 Å². The standard InChI is InChI=1S/C15H18BrNS/c1-11-9-13(4-5-14(11)16)15(17-2)6-3-12-7-8-18-10-12/h4-5,7-10,15,17H,3,6H2,1-2H3. The van der Waals surface area contributed by atoms with E-state index in [1.807, 2.05) is 7.05 Å². The normalized spacial score (nSPS) is 12.6. The van der Waals surface area contributed by atoms with Crippen LogP contribution in [0.25, 0.3) is 0 Å². The zero-order valence-electron chi connectivity index (χ0n) is 10.7. The molecule has 3 heteroatoms. The second-order valence-corrected chi connectivity index (χ2v) is 6.15. The summed E-state index contributed by atoms with van der Waals surface area (Å²) in [6, 6.07) is 9.24. The van der Waals surface area contributed by atoms with Gasteiger partial charge in [0.2, 0.25) is 0 Å². The SMILES string of the molecule is CNC(CCc1ccsc1)c1ccc(Br)c(C)c1. The van der Waals surface area contributed by atoms with Crippen LogP contribution in [0.1, 0.15) is 29.2 Å². The predicted octanol–water partition coefficient (Wildman–Crippen LogP) is 4.71. The summed E-state index contributed by atoms with van der Waals surface area (Å²) in [6.07, 6.45) is 2.26. The molecule has 1 aromatic heterocycles. The lowest BCUT2D eigenvalue weighted by atomic mass is 9.99. The van der Waals surface area contributed by atoms with Gasteiger partial charge in [-0.05, 0) is 66.4 Å². The molecular weight excluding hydrogens is 306 g/mol. The third-order valence-corrected chi connectivity index (χ3v) is 4.86. The third-order valence-electron chi connectivity index (χ3n) is 3.23. The van der Waals surface area contributed by atoms with Gasteiger partial charge in [0.1, 0.15) is 0 Å². The Labute approximate surface area is 121 Å². The summed E-state index contributed by atoms with van der Waals surface area (Å²) in [4.78, 5) is 0. The molecule has 0 amide bonds. The van der Waals surface area contributed by atoms with E-state index < -0.39 is 0 Å². The maximum absolute atomic E-state index is 3.55. The number of rotatable bonds is 5. The van der Waals surface area contributed by atoms with Crippen LogP contribution in [0.5, 0.6) is 0 Å². The largest absolute Gasteiger partial charge is 0.313 e. The van der Waals surface area contributed by atoms with Crippen molar-refractivity contribution in [1.29, 1.82) is 0 Å². The maximum Gasteiger partial charge on any atom is 0.0320 e. The summed E-state index contributed by atoms with van der Waals surface area (Å²) in [5, 5.41) is 7.80. The topological polar surface area (TPSA) is 12.0 Å². The van der Waals surface area contributed by atoms with Crippen LogP contribution in [-0.4, -0.2) is 7.05 Å². The van der Waals surface area contributed by atoms with E-state index in [0.29, 0.717) is 6.04 Å². The van der Waals surface area contributed by atoms with E-state index in [9.17, 15) is 0 Å². The molecule has 96 valence electrons. The molecule has 0 spiro atoms. The van der Waals surface area contributed by atoms with Gasteiger partial charge in [0.05, 0.1) is 0 Å². The lowest BCUT2D eigenvalue weighted by molar-refractivity contribution is 0.549. The van der Waals surface area contributed by atoms with Crippen molar-refractivity contribution in [2.75, 3.05) is 7.05 Å². The number of hydrogen-bond acceptors (Lipinski definition) is 2. The Morgan fingerprint density at radius 1 is 1.33 bits per heavy atom. The first-order valence-corrected chi connectivity index (χ1v) is 7.88. The van der Waals surface area contributed by atoms with Crippen molar-refractivity contribution in [3.63, 3.8) is 0 Å². The van der Waals surface area contributed by atoms with Gasteiger partial charge in [-0.25, -0.2) is 0 Å². The molecule has 0 aliphatic carbocycles. The Kier molecular flexibility index (Phi) is 4.98. The first kappa shape index (κ1) is 13.8. The Bertz CT molecular complexity index is 493. The highest BCUT2D eigenvalue weighted by Crippen LogP contribution is 2.24. The van der Waals surface area contributed by atoms with Gasteiger partial charge in [-0.15, -0.1) is 0 Å². The van der Waals surface area contributed by atoms with E-state index in [2.05, 4.69) is 63.2 Å². The summed E-state index contributed by atoms with van der Waals surface area (Å²) in [5.41, 5.74) is 4.10. The minimum Gasteiger partial charge on any atom is -0.313 e. The molecule has 1 aromatic carbocycles. The highest BCUT2D eigenvalue weighted by atomic mass is 79.9. The zero-order valence-corrected chi connectivity index (χ0v) is 13.1. The van der Waals surface area contributed by atoms with Crippen molar-refractivity contribution in [2.45, 2.75) is 25.8 Å². The highest BCUT2D eigenvalue weighted by molar-refractivity contribution is 9.10. The fourth-order valence-corrected chi connectivity index (χ4v) is 3.06. The van der Waals surface area contributed by atoms with Crippen LogP contribution in [-0.2, 0) is 6.42 Å². The van der Waals surface area contributed by atoms with Crippen molar-refractivity contribution in [3.05, 3.63) is 56.2 Å². The third kappa shape index (κ3) is 3.44. The number of aryl methyl sites for hydroxylation is 2. The van der Waals surface area contributed by atoms with Gasteiger partial charge < -0.3 is 5.32 Å². The average molecular weight is 324 g/mol. The maximum atomic E-state index is 3.55. The first-order valence-electron chi connectivity index (χ1n) is 6.15. The number of halogens is 1. The van der Waals surface area contributed by atoms with E-state index in [4.69, 9.17) is 0 Å². The summed E-state index contributed by atoms with van der Waals surface area (Å²) < 4.78 is 1.18. The molecule has 0 aliphatic heterocycles. The number of nitrogens with one attached hydrogen (secondary N) is 1. The molecule has 0 radical (unpaired) electrons. The van der Waals surface area contributed by atoms with Crippen LogP contribution >= 0.6 is 27.3 Å². The molecular formula is C15H18BrNS. The van der Waals surface area contributed by atoms with Gasteiger partial charge in [0.15, 0.2) is 0 Å². The van der Waals surface area contributed by atoms with E-state index >= 15 is 0 Å². The molecule has 0 saturated carbocycles. The quantitative estimate of drug-likeness (QED) is 0.840. The van der Waals surface area contributed by atoms with Crippen molar-refractivity contribution >= 4 is 27.3 Å². The van der Waals surface area contributed by atoms with Crippen molar-refractivity contribution in [3.8, 4) is 0 Å². The van der Waals surface area contributed by atoms with Crippen LogP contribution in [0.2, 0.25) is 0 Å². The predicted molar refractivity (Wildman–Crippen MR) is 83.3 cm³/mol. The molecule has 0 aliphatic rings. The number of thiophene rings is 1. The van der Waals surface area contributed by atoms with E-state index in [0.717, 1.165) is 12.8 Å². The van der Waals surface area contributed by atoms with Crippen LogP contribution in [0, 0.1) is 6.92 Å². The Balaban J connectivity index is 2.05. The summed E-state index contributed by atoms with van der Waals surface area (Å²) in [6.45, 7) is 2.14. The second-order valence-electron chi connectivity index (χ2n) is 4.52. The Morgan fingerprint density at radius 2 is 2.17 bits per heavy atom. The van der Waals surface area contributed by atoms with Crippen molar-refractivity contribution in [1.82, 2.24) is 5.32 Å². The van der Waals surface area contributed by atoms with Gasteiger partial charge in [-0.1, -0.05) is 28.1 Å². The molecule has 0 fully saturated rings.